The minimum atomic E-state index is -0.179. The number of thiophene rings is 1. The van der Waals surface area contributed by atoms with Crippen molar-refractivity contribution in [2.75, 3.05) is 11.1 Å². The van der Waals surface area contributed by atoms with E-state index in [1.54, 1.807) is 12.4 Å². The van der Waals surface area contributed by atoms with E-state index in [0.717, 1.165) is 16.0 Å². The van der Waals surface area contributed by atoms with Gasteiger partial charge in [0.1, 0.15) is 11.1 Å². The molecule has 0 radical (unpaired) electrons. The summed E-state index contributed by atoms with van der Waals surface area (Å²) in [5.74, 6) is 0.719. The number of hydrogen-bond acceptors (Lipinski definition) is 7. The second-order valence-electron chi connectivity index (χ2n) is 5.54. The summed E-state index contributed by atoms with van der Waals surface area (Å²) >= 11 is 2.72. The van der Waals surface area contributed by atoms with E-state index in [4.69, 9.17) is 0 Å². The lowest BCUT2D eigenvalue weighted by Crippen LogP contribution is -2.14. The monoisotopic (exact) mass is 384 g/mol. The van der Waals surface area contributed by atoms with Crippen molar-refractivity contribution in [3.05, 3.63) is 40.5 Å². The van der Waals surface area contributed by atoms with Crippen LogP contribution in [0.15, 0.2) is 29.7 Å². The Morgan fingerprint density at radius 1 is 1.35 bits per heavy atom. The molecule has 26 heavy (non-hydrogen) atoms. The summed E-state index contributed by atoms with van der Waals surface area (Å²) < 4.78 is 1.84. The molecule has 3 rings (SSSR count). The van der Waals surface area contributed by atoms with Crippen molar-refractivity contribution in [1.29, 1.82) is 5.26 Å². The molecule has 0 aliphatic carbocycles. The summed E-state index contributed by atoms with van der Waals surface area (Å²) in [5.41, 5.74) is 2.36. The molecular formula is C17H16N6OS2. The molecular weight excluding hydrogens is 368 g/mol. The molecule has 0 aliphatic rings. The van der Waals surface area contributed by atoms with Gasteiger partial charge in [0.25, 0.3) is 0 Å². The molecule has 132 valence electrons. The largest absolute Gasteiger partial charge is 0.316 e. The first-order chi connectivity index (χ1) is 12.5. The zero-order valence-electron chi connectivity index (χ0n) is 14.5. The molecule has 0 saturated heterocycles. The number of amides is 1. The van der Waals surface area contributed by atoms with E-state index in [9.17, 15) is 10.1 Å². The fourth-order valence-corrected chi connectivity index (χ4v) is 4.07. The number of anilines is 1. The molecule has 7 nitrogen and oxygen atoms in total. The Morgan fingerprint density at radius 2 is 2.08 bits per heavy atom. The van der Waals surface area contributed by atoms with Crippen LogP contribution in [0.25, 0.3) is 11.4 Å². The maximum atomic E-state index is 12.3. The highest BCUT2D eigenvalue weighted by Gasteiger charge is 2.16. The molecule has 3 heterocycles. The van der Waals surface area contributed by atoms with Crippen molar-refractivity contribution in [1.82, 2.24) is 19.7 Å². The molecule has 1 N–H and O–H groups in total. The Morgan fingerprint density at radius 3 is 2.77 bits per heavy atom. The van der Waals surface area contributed by atoms with Gasteiger partial charge in [0, 0.05) is 29.9 Å². The molecule has 0 fully saturated rings. The summed E-state index contributed by atoms with van der Waals surface area (Å²) in [6.07, 6.45) is 3.39. The number of rotatable bonds is 5. The third kappa shape index (κ3) is 3.61. The van der Waals surface area contributed by atoms with E-state index in [0.29, 0.717) is 21.5 Å². The number of aryl methyl sites for hydroxylation is 1. The second-order valence-corrected chi connectivity index (χ2v) is 7.70. The SMILES string of the molecule is Cc1sc(NC(=O)CSc2nnc(-c3ccncc3)n2C)c(C#N)c1C. The number of nitrogens with one attached hydrogen (secondary N) is 1. The first kappa shape index (κ1) is 18.1. The quantitative estimate of drug-likeness (QED) is 0.679. The molecule has 0 atom stereocenters. The molecule has 0 aromatic carbocycles. The lowest BCUT2D eigenvalue weighted by atomic mass is 10.2. The van der Waals surface area contributed by atoms with Gasteiger partial charge in [-0.3, -0.25) is 9.78 Å². The van der Waals surface area contributed by atoms with Gasteiger partial charge in [-0.25, -0.2) is 0 Å². The van der Waals surface area contributed by atoms with E-state index in [2.05, 4.69) is 26.6 Å². The molecule has 9 heteroatoms. The van der Waals surface area contributed by atoms with Crippen molar-refractivity contribution in [2.24, 2.45) is 7.05 Å². The van der Waals surface area contributed by atoms with Gasteiger partial charge < -0.3 is 9.88 Å². The van der Waals surface area contributed by atoms with Crippen LogP contribution >= 0.6 is 23.1 Å². The van der Waals surface area contributed by atoms with Crippen molar-refractivity contribution >= 4 is 34.0 Å². The third-order valence-electron chi connectivity index (χ3n) is 3.86. The minimum absolute atomic E-state index is 0.179. The predicted molar refractivity (Wildman–Crippen MR) is 102 cm³/mol. The average Bonchev–Trinajstić information content (AvgIpc) is 3.13. The van der Waals surface area contributed by atoms with Crippen LogP contribution in [0.5, 0.6) is 0 Å². The predicted octanol–water partition coefficient (Wildman–Crippen LogP) is 3.16. The number of aromatic nitrogens is 4. The van der Waals surface area contributed by atoms with Gasteiger partial charge in [0.2, 0.25) is 5.91 Å². The average molecular weight is 384 g/mol. The van der Waals surface area contributed by atoms with Gasteiger partial charge in [-0.05, 0) is 31.5 Å². The first-order valence-corrected chi connectivity index (χ1v) is 9.54. The van der Waals surface area contributed by atoms with E-state index in [-0.39, 0.29) is 11.7 Å². The van der Waals surface area contributed by atoms with E-state index >= 15 is 0 Å². The zero-order chi connectivity index (χ0) is 18.7. The number of pyridine rings is 1. The first-order valence-electron chi connectivity index (χ1n) is 7.73. The Kier molecular flexibility index (Phi) is 5.35. The summed E-state index contributed by atoms with van der Waals surface area (Å²) in [7, 11) is 1.86. The van der Waals surface area contributed by atoms with Crippen LogP contribution < -0.4 is 5.32 Å². The fraction of sp³-hybridized carbons (Fsp3) is 0.235. The van der Waals surface area contributed by atoms with Gasteiger partial charge in [-0.15, -0.1) is 21.5 Å². The van der Waals surface area contributed by atoms with Crippen LogP contribution in [0.4, 0.5) is 5.00 Å². The van der Waals surface area contributed by atoms with Crippen LogP contribution in [-0.4, -0.2) is 31.4 Å². The van der Waals surface area contributed by atoms with Gasteiger partial charge in [-0.2, -0.15) is 5.26 Å². The Hall–Kier alpha value is -2.70. The van der Waals surface area contributed by atoms with Crippen LogP contribution in [0.3, 0.4) is 0 Å². The number of nitriles is 1. The minimum Gasteiger partial charge on any atom is -0.316 e. The summed E-state index contributed by atoms with van der Waals surface area (Å²) in [4.78, 5) is 17.3. The summed E-state index contributed by atoms with van der Waals surface area (Å²) in [6.45, 7) is 3.82. The molecule has 0 aliphatic heterocycles. The molecule has 0 spiro atoms. The normalized spacial score (nSPS) is 10.5. The van der Waals surface area contributed by atoms with Gasteiger partial charge in [-0.1, -0.05) is 11.8 Å². The Bertz CT molecular complexity index is 987. The van der Waals surface area contributed by atoms with Crippen molar-refractivity contribution < 1.29 is 4.79 Å². The number of hydrogen-bond donors (Lipinski definition) is 1. The van der Waals surface area contributed by atoms with Gasteiger partial charge >= 0.3 is 0 Å². The van der Waals surface area contributed by atoms with Crippen molar-refractivity contribution in [3.63, 3.8) is 0 Å². The van der Waals surface area contributed by atoms with Crippen LogP contribution in [0.2, 0.25) is 0 Å². The van der Waals surface area contributed by atoms with E-state index in [1.807, 2.05) is 37.6 Å². The van der Waals surface area contributed by atoms with Crippen LogP contribution in [0, 0.1) is 25.2 Å². The van der Waals surface area contributed by atoms with Crippen molar-refractivity contribution in [3.8, 4) is 17.5 Å². The molecule has 3 aromatic rings. The Labute approximate surface area is 159 Å². The van der Waals surface area contributed by atoms with Gasteiger partial charge in [0.15, 0.2) is 11.0 Å². The topological polar surface area (TPSA) is 96.5 Å². The lowest BCUT2D eigenvalue weighted by Gasteiger charge is -2.05. The zero-order valence-corrected chi connectivity index (χ0v) is 16.1. The lowest BCUT2D eigenvalue weighted by molar-refractivity contribution is -0.113. The van der Waals surface area contributed by atoms with Crippen molar-refractivity contribution in [2.45, 2.75) is 19.0 Å². The second kappa shape index (κ2) is 7.68. The summed E-state index contributed by atoms with van der Waals surface area (Å²) in [6, 6.07) is 5.87. The van der Waals surface area contributed by atoms with Crippen LogP contribution in [0.1, 0.15) is 16.0 Å². The number of carbonyl (C=O) groups is 1. The third-order valence-corrected chi connectivity index (χ3v) is 6.00. The number of carbonyl (C=O) groups excluding carboxylic acids is 1. The van der Waals surface area contributed by atoms with E-state index in [1.165, 1.54) is 23.1 Å². The maximum Gasteiger partial charge on any atom is 0.235 e. The number of thioether (sulfide) groups is 1. The maximum absolute atomic E-state index is 12.3. The summed E-state index contributed by atoms with van der Waals surface area (Å²) in [5, 5.41) is 21.7. The van der Waals surface area contributed by atoms with Gasteiger partial charge in [0.05, 0.1) is 11.3 Å². The Balaban J connectivity index is 1.67. The van der Waals surface area contributed by atoms with Crippen LogP contribution in [-0.2, 0) is 11.8 Å². The molecule has 0 bridgehead atoms. The molecule has 3 aromatic heterocycles. The highest BCUT2D eigenvalue weighted by molar-refractivity contribution is 7.99. The number of nitrogens with zero attached hydrogens (tertiary/aromatic N) is 5. The molecule has 1 amide bonds. The smallest absolute Gasteiger partial charge is 0.235 e. The van der Waals surface area contributed by atoms with E-state index < -0.39 is 0 Å². The molecule has 0 saturated carbocycles. The fourth-order valence-electron chi connectivity index (χ4n) is 2.34. The highest BCUT2D eigenvalue weighted by Crippen LogP contribution is 2.32. The molecule has 0 unspecified atom stereocenters. The highest BCUT2D eigenvalue weighted by atomic mass is 32.2. The standard InChI is InChI=1S/C17H16N6OS2/c1-10-11(2)26-16(13(10)8-18)20-14(24)9-25-17-22-21-15(23(17)3)12-4-6-19-7-5-12/h4-7H,9H2,1-3H3,(H,20,24).